The van der Waals surface area contributed by atoms with Crippen molar-refractivity contribution in [3.05, 3.63) is 107 Å². The van der Waals surface area contributed by atoms with Gasteiger partial charge in [0.2, 0.25) is 0 Å². The van der Waals surface area contributed by atoms with Gasteiger partial charge in [0.05, 0.1) is 13.2 Å². The summed E-state index contributed by atoms with van der Waals surface area (Å²) in [6.45, 7) is 26.3. The number of rotatable bonds is 12. The van der Waals surface area contributed by atoms with Gasteiger partial charge in [0.15, 0.2) is 0 Å². The summed E-state index contributed by atoms with van der Waals surface area (Å²) in [5.41, 5.74) is 7.17. The van der Waals surface area contributed by atoms with Gasteiger partial charge < -0.3 is 25.0 Å². The number of ether oxygens (including phenoxy) is 2. The van der Waals surface area contributed by atoms with Gasteiger partial charge >= 0.3 is 0 Å². The lowest BCUT2D eigenvalue weighted by Gasteiger charge is -2.07. The van der Waals surface area contributed by atoms with Gasteiger partial charge in [-0.05, 0) is 175 Å². The van der Waals surface area contributed by atoms with Crippen molar-refractivity contribution in [2.24, 2.45) is 0 Å². The average molecular weight is 820 g/mol. The number of nitrogens with one attached hydrogen (secondary N) is 2. The molecular formula is C43H69N3O2S5. The molecule has 0 saturated heterocycles. The van der Waals surface area contributed by atoms with E-state index in [-0.39, 0.29) is 0 Å². The van der Waals surface area contributed by atoms with E-state index in [1.165, 1.54) is 76.6 Å². The number of hydrogen-bond acceptors (Lipinski definition) is 10. The van der Waals surface area contributed by atoms with Crippen LogP contribution in [0.2, 0.25) is 0 Å². The third kappa shape index (κ3) is 20.2. The fraction of sp³-hybridized carbons (Fsp3) is 0.535. The molecule has 5 aromatic heterocycles. The predicted octanol–water partition coefficient (Wildman–Crippen LogP) is 11.7. The van der Waals surface area contributed by atoms with Gasteiger partial charge in [0.1, 0.15) is 0 Å². The molecule has 0 atom stereocenters. The number of likely N-dealkylation sites (N-methyl/N-ethyl adjacent to an activating group) is 1. The van der Waals surface area contributed by atoms with Crippen LogP contribution >= 0.6 is 56.7 Å². The molecule has 0 spiro atoms. The summed E-state index contributed by atoms with van der Waals surface area (Å²) in [6, 6.07) is 11.2. The average Bonchev–Trinajstić information content (AvgIpc) is 3.85. The smallest absolute Gasteiger partial charge is 0.0723 e. The van der Waals surface area contributed by atoms with Crippen LogP contribution in [0.4, 0.5) is 0 Å². The molecule has 0 aliphatic carbocycles. The molecule has 0 bridgehead atoms. The van der Waals surface area contributed by atoms with E-state index in [2.05, 4.69) is 129 Å². The van der Waals surface area contributed by atoms with E-state index in [1.807, 2.05) is 70.8 Å². The molecule has 5 heterocycles. The fourth-order valence-electron chi connectivity index (χ4n) is 5.55. The zero-order valence-electron chi connectivity index (χ0n) is 35.6. The minimum Gasteiger partial charge on any atom is -0.384 e. The lowest BCUT2D eigenvalue weighted by Crippen LogP contribution is -2.10. The van der Waals surface area contributed by atoms with Crippen molar-refractivity contribution in [3.63, 3.8) is 0 Å². The Morgan fingerprint density at radius 1 is 0.491 bits per heavy atom. The Labute approximate surface area is 343 Å². The highest BCUT2D eigenvalue weighted by Gasteiger charge is 2.04. The summed E-state index contributed by atoms with van der Waals surface area (Å²) in [5.74, 6) is 0. The molecular weight excluding hydrogens is 751 g/mol. The molecule has 0 radical (unpaired) electrons. The summed E-state index contributed by atoms with van der Waals surface area (Å²) in [6.07, 6.45) is 2.21. The summed E-state index contributed by atoms with van der Waals surface area (Å²) in [7, 11) is 11.7. The largest absolute Gasteiger partial charge is 0.384 e. The van der Waals surface area contributed by atoms with Gasteiger partial charge in [-0.25, -0.2) is 0 Å². The zero-order chi connectivity index (χ0) is 40.1. The lowest BCUT2D eigenvalue weighted by atomic mass is 10.2. The minimum atomic E-state index is 0.746. The molecule has 5 aromatic rings. The van der Waals surface area contributed by atoms with Crippen LogP contribution in [0, 0.1) is 69.2 Å². The summed E-state index contributed by atoms with van der Waals surface area (Å²) >= 11 is 9.34. The fourth-order valence-corrected chi connectivity index (χ4v) is 10.3. The third-order valence-electron chi connectivity index (χ3n) is 8.09. The third-order valence-corrected chi connectivity index (χ3v) is 13.1. The van der Waals surface area contributed by atoms with Crippen molar-refractivity contribution in [2.45, 2.75) is 102 Å². The molecule has 0 aromatic carbocycles. The first-order chi connectivity index (χ1) is 25.0. The van der Waals surface area contributed by atoms with Crippen LogP contribution < -0.4 is 10.6 Å². The normalized spacial score (nSPS) is 10.5. The van der Waals surface area contributed by atoms with Crippen LogP contribution in [0.15, 0.2) is 30.3 Å². The maximum atomic E-state index is 5.03. The molecule has 0 saturated carbocycles. The van der Waals surface area contributed by atoms with Crippen LogP contribution in [-0.2, 0) is 42.0 Å². The van der Waals surface area contributed by atoms with Crippen molar-refractivity contribution >= 4 is 56.7 Å². The van der Waals surface area contributed by atoms with Gasteiger partial charge in [-0.2, -0.15) is 0 Å². The summed E-state index contributed by atoms with van der Waals surface area (Å²) in [5, 5.41) is 6.30. The first-order valence-corrected chi connectivity index (χ1v) is 22.3. The van der Waals surface area contributed by atoms with Crippen LogP contribution in [0.25, 0.3) is 0 Å². The van der Waals surface area contributed by atoms with Gasteiger partial charge in [-0.15, -0.1) is 56.7 Å². The number of aryl methyl sites for hydroxylation is 10. The van der Waals surface area contributed by atoms with Gasteiger partial charge in [0, 0.05) is 76.1 Å². The lowest BCUT2D eigenvalue weighted by molar-refractivity contribution is 0.185. The van der Waals surface area contributed by atoms with Gasteiger partial charge in [0.25, 0.3) is 0 Å². The first kappa shape index (κ1) is 49.3. The van der Waals surface area contributed by atoms with Crippen molar-refractivity contribution in [1.82, 2.24) is 15.5 Å². The molecule has 0 aliphatic heterocycles. The van der Waals surface area contributed by atoms with E-state index < -0.39 is 0 Å². The second-order valence-corrected chi connectivity index (χ2v) is 20.8. The van der Waals surface area contributed by atoms with Crippen LogP contribution in [0.5, 0.6) is 0 Å². The highest BCUT2D eigenvalue weighted by Crippen LogP contribution is 2.23. The summed E-state index contributed by atoms with van der Waals surface area (Å²) in [4.78, 5) is 16.4. The minimum absolute atomic E-state index is 0.746. The molecule has 10 heteroatoms. The topological polar surface area (TPSA) is 45.8 Å². The standard InChI is InChI=1S/2C9H15NS.C9H14OS.C8H13NS.C8H12OS/c1-7-5-9(6-10(3)4)8(2)11-7;2*1-7-6-9(4-5-10-3)8(2)11-7;2*1-6-4-8(5-9-3)7(2)10-6/h5H,6H2,1-4H3;6,10H,4-5H2,1-3H3;6H,4-5H2,1-3H3;4,9H,5H2,1-3H3;4H,5H2,1-3H3. The van der Waals surface area contributed by atoms with Crippen LogP contribution in [0.1, 0.15) is 76.6 Å². The maximum Gasteiger partial charge on any atom is 0.0723 e. The Morgan fingerprint density at radius 2 is 0.868 bits per heavy atom. The Bertz CT molecular complexity index is 1610. The maximum absolute atomic E-state index is 5.03. The van der Waals surface area contributed by atoms with Crippen LogP contribution in [-0.4, -0.2) is 60.5 Å². The van der Waals surface area contributed by atoms with Crippen LogP contribution in [0.3, 0.4) is 0 Å². The SMILES string of the molecule is CNCCc1cc(C)sc1C.CNCc1cc(C)sc1C.COCCc1cc(C)sc1C.COCc1cc(C)sc1C.Cc1cc(CN(C)C)c(C)s1. The van der Waals surface area contributed by atoms with E-state index in [9.17, 15) is 0 Å². The summed E-state index contributed by atoms with van der Waals surface area (Å²) < 4.78 is 10.0. The van der Waals surface area contributed by atoms with Crippen molar-refractivity contribution in [2.75, 3.05) is 55.6 Å². The molecule has 0 amide bonds. The van der Waals surface area contributed by atoms with E-state index in [1.54, 1.807) is 14.2 Å². The Balaban J connectivity index is 0.000000331. The Hall–Kier alpha value is -1.70. The van der Waals surface area contributed by atoms with E-state index >= 15 is 0 Å². The van der Waals surface area contributed by atoms with Crippen molar-refractivity contribution in [1.29, 1.82) is 0 Å². The van der Waals surface area contributed by atoms with E-state index in [0.29, 0.717) is 0 Å². The molecule has 0 unspecified atom stereocenters. The Morgan fingerprint density at radius 3 is 1.19 bits per heavy atom. The van der Waals surface area contributed by atoms with Crippen molar-refractivity contribution < 1.29 is 9.47 Å². The molecule has 5 nitrogen and oxygen atoms in total. The number of hydrogen-bond donors (Lipinski definition) is 2. The molecule has 5 rings (SSSR count). The predicted molar refractivity (Wildman–Crippen MR) is 243 cm³/mol. The highest BCUT2D eigenvalue weighted by molar-refractivity contribution is 7.13. The molecule has 298 valence electrons. The van der Waals surface area contributed by atoms with Crippen molar-refractivity contribution in [3.8, 4) is 0 Å². The van der Waals surface area contributed by atoms with E-state index in [4.69, 9.17) is 9.47 Å². The molecule has 0 fully saturated rings. The van der Waals surface area contributed by atoms with E-state index in [0.717, 1.165) is 45.7 Å². The second kappa shape index (κ2) is 27.0. The Kier molecular flexibility index (Phi) is 25.1. The van der Waals surface area contributed by atoms with Gasteiger partial charge in [-0.3, -0.25) is 0 Å². The second-order valence-electron chi connectivity index (χ2n) is 13.5. The monoisotopic (exact) mass is 819 g/mol. The number of nitrogens with zero attached hydrogens (tertiary/aromatic N) is 1. The molecule has 2 N–H and O–H groups in total. The molecule has 0 aliphatic rings. The highest BCUT2D eigenvalue weighted by atomic mass is 32.1. The van der Waals surface area contributed by atoms with Gasteiger partial charge in [-0.1, -0.05) is 0 Å². The first-order valence-electron chi connectivity index (χ1n) is 18.3. The zero-order valence-corrected chi connectivity index (χ0v) is 39.7. The molecule has 53 heavy (non-hydrogen) atoms. The number of methoxy groups -OCH3 is 2. The number of thiophene rings is 5. The quantitative estimate of drug-likeness (QED) is 0.131.